The fourth-order valence-corrected chi connectivity index (χ4v) is 8.44. The van der Waals surface area contributed by atoms with E-state index >= 15 is 0 Å². The predicted molar refractivity (Wildman–Crippen MR) is 228 cm³/mol. The van der Waals surface area contributed by atoms with Crippen LogP contribution in [0.3, 0.4) is 0 Å². The summed E-state index contributed by atoms with van der Waals surface area (Å²) in [6, 6.07) is 12.2. The van der Waals surface area contributed by atoms with Crippen LogP contribution >= 0.6 is 7.60 Å². The molecule has 21 nitrogen and oxygen atoms in total. The number of aliphatic carboxylic acids is 2. The molecule has 0 aliphatic carbocycles. The first-order valence-electron chi connectivity index (χ1n) is 20.3. The number of ether oxygens (including phenoxy) is 1. The van der Waals surface area contributed by atoms with Gasteiger partial charge < -0.3 is 34.6 Å². The Labute approximate surface area is 365 Å². The number of carboxylic acids is 2. The Morgan fingerprint density at radius 2 is 1.69 bits per heavy atom. The van der Waals surface area contributed by atoms with E-state index in [4.69, 9.17) is 18.9 Å². The molecule has 3 unspecified atom stereocenters. The molecule has 2 aromatic heterocycles. The summed E-state index contributed by atoms with van der Waals surface area (Å²) in [5.74, 6) is -7.70. The van der Waals surface area contributed by atoms with Crippen molar-refractivity contribution in [3.8, 4) is 0 Å². The minimum atomic E-state index is -3.20. The molecule has 2 amide bonds. The second kappa shape index (κ2) is 21.1. The SMILES string of the molecule is CCOP(C)(=O)OCCCCOC(=O)C1C(C(=O)Nc2nc3ncc(CNc4ccc(C(=O)N[C@H](CCC(=O)O)C(=O)O)cc4)nc3c(=O)[nH]2)[C@H]2C=CC(=O)[C@@H]1N2Cc1ccccc1. The largest absolute Gasteiger partial charge is 0.481 e. The Bertz CT molecular complexity index is 2520. The van der Waals surface area contributed by atoms with Gasteiger partial charge in [0, 0.05) is 36.9 Å². The Kier molecular flexibility index (Phi) is 15.5. The lowest BCUT2D eigenvalue weighted by Gasteiger charge is -2.31. The van der Waals surface area contributed by atoms with Crippen LogP contribution in [0.2, 0.25) is 0 Å². The molecule has 2 bridgehead atoms. The summed E-state index contributed by atoms with van der Waals surface area (Å²) in [6.07, 6.45) is 4.35. The number of benzene rings is 2. The monoisotopic (exact) mass is 902 g/mol. The standard InChI is InChI=1S/C42H47N8O13P/c1-3-62-64(2,60)63-20-8-7-19-61-41(59)33-32(29-16-17-30(51)35(33)50(29)23-24-9-5-4-6-10-24)38(55)48-42-47-36-34(39(56)49-42)45-27(22-44-36)21-43-26-13-11-25(12-14-26)37(54)46-28(40(57)58)15-18-31(52)53/h4-6,9-14,16-17,22,28-29,32-33,35,43H,3,7-8,15,18-21,23H2,1-2H3,(H,46,54)(H,52,53)(H,57,58)(H2,44,47,48,49,55,56)/t28-,29-,32?,33?,35+,64?/m1/s1. The van der Waals surface area contributed by atoms with Crippen LogP contribution in [0.15, 0.2) is 77.7 Å². The molecule has 64 heavy (non-hydrogen) atoms. The van der Waals surface area contributed by atoms with Crippen molar-refractivity contribution in [3.05, 3.63) is 100 Å². The summed E-state index contributed by atoms with van der Waals surface area (Å²) in [6.45, 7) is 3.69. The van der Waals surface area contributed by atoms with Gasteiger partial charge in [0.25, 0.3) is 11.5 Å². The molecule has 22 heteroatoms. The molecule has 1 saturated heterocycles. The summed E-state index contributed by atoms with van der Waals surface area (Å²) in [7, 11) is -3.20. The maximum Gasteiger partial charge on any atom is 0.327 e. The van der Waals surface area contributed by atoms with E-state index in [0.29, 0.717) is 24.2 Å². The zero-order chi connectivity index (χ0) is 46.0. The lowest BCUT2D eigenvalue weighted by atomic mass is 9.86. The predicted octanol–water partition coefficient (Wildman–Crippen LogP) is 3.14. The van der Waals surface area contributed by atoms with Gasteiger partial charge in [-0.25, -0.2) is 14.8 Å². The molecule has 1 fully saturated rings. The minimum absolute atomic E-state index is 0.0521. The molecular formula is C42H47N8O13P. The average Bonchev–Trinajstić information content (AvgIpc) is 3.49. The van der Waals surface area contributed by atoms with Crippen LogP contribution in [0.4, 0.5) is 11.6 Å². The van der Waals surface area contributed by atoms with E-state index in [9.17, 15) is 43.2 Å². The molecule has 0 radical (unpaired) electrons. The van der Waals surface area contributed by atoms with Crippen molar-refractivity contribution in [1.29, 1.82) is 0 Å². The highest BCUT2D eigenvalue weighted by Gasteiger charge is 2.58. The van der Waals surface area contributed by atoms with E-state index < -0.39 is 79.3 Å². The number of hydrogen-bond donors (Lipinski definition) is 6. The number of carbonyl (C=O) groups excluding carboxylic acids is 4. The smallest absolute Gasteiger partial charge is 0.327 e. The molecule has 2 aliphatic heterocycles. The van der Waals surface area contributed by atoms with Crippen LogP contribution in [0.25, 0.3) is 11.2 Å². The highest BCUT2D eigenvalue weighted by atomic mass is 31.2. The van der Waals surface area contributed by atoms with Crippen molar-refractivity contribution < 1.29 is 57.3 Å². The first-order chi connectivity index (χ1) is 30.6. The van der Waals surface area contributed by atoms with Crippen molar-refractivity contribution in [2.24, 2.45) is 11.8 Å². The van der Waals surface area contributed by atoms with Gasteiger partial charge in [-0.05, 0) is 62.1 Å². The second-order valence-electron chi connectivity index (χ2n) is 15.0. The third kappa shape index (κ3) is 11.9. The van der Waals surface area contributed by atoms with Crippen molar-refractivity contribution in [3.63, 3.8) is 0 Å². The highest BCUT2D eigenvalue weighted by molar-refractivity contribution is 7.52. The number of ketones is 1. The highest BCUT2D eigenvalue weighted by Crippen LogP contribution is 2.44. The first-order valence-corrected chi connectivity index (χ1v) is 22.3. The Hall–Kier alpha value is -6.67. The molecule has 338 valence electrons. The van der Waals surface area contributed by atoms with Crippen LogP contribution in [0.5, 0.6) is 0 Å². The van der Waals surface area contributed by atoms with E-state index in [1.54, 1.807) is 30.0 Å². The Balaban J connectivity index is 1.12. The average molecular weight is 903 g/mol. The Morgan fingerprint density at radius 1 is 0.953 bits per heavy atom. The minimum Gasteiger partial charge on any atom is -0.481 e. The van der Waals surface area contributed by atoms with E-state index in [-0.39, 0.29) is 67.8 Å². The maximum atomic E-state index is 14.2. The molecule has 6 atom stereocenters. The zero-order valence-corrected chi connectivity index (χ0v) is 35.7. The fourth-order valence-electron chi connectivity index (χ4n) is 7.43. The van der Waals surface area contributed by atoms with Crippen LogP contribution in [0, 0.1) is 11.8 Å². The Morgan fingerprint density at radius 3 is 2.39 bits per heavy atom. The van der Waals surface area contributed by atoms with Gasteiger partial charge in [0.1, 0.15) is 6.04 Å². The van der Waals surface area contributed by atoms with Crippen LogP contribution in [0.1, 0.15) is 54.2 Å². The molecule has 4 aromatic rings. The first kappa shape index (κ1) is 46.8. The van der Waals surface area contributed by atoms with Gasteiger partial charge in [-0.1, -0.05) is 36.4 Å². The third-order valence-electron chi connectivity index (χ3n) is 10.4. The van der Waals surface area contributed by atoms with Crippen molar-refractivity contribution >= 4 is 65.9 Å². The quantitative estimate of drug-likeness (QED) is 0.0375. The van der Waals surface area contributed by atoms with Gasteiger partial charge in [0.15, 0.2) is 16.9 Å². The van der Waals surface area contributed by atoms with Crippen LogP contribution in [-0.4, -0.2) is 115 Å². The number of H-pyrrole nitrogens is 1. The number of amides is 2. The molecule has 0 spiro atoms. The number of fused-ring (bicyclic) bond motifs is 3. The van der Waals surface area contributed by atoms with Crippen LogP contribution < -0.4 is 21.5 Å². The number of nitrogens with zero attached hydrogens (tertiary/aromatic N) is 4. The van der Waals surface area contributed by atoms with Gasteiger partial charge in [0.05, 0.1) is 56.1 Å². The molecule has 6 rings (SSSR count). The second-order valence-corrected chi connectivity index (χ2v) is 17.0. The molecule has 2 aromatic carbocycles. The number of rotatable bonds is 22. The summed E-state index contributed by atoms with van der Waals surface area (Å²) >= 11 is 0. The number of hydrogen-bond acceptors (Lipinski definition) is 16. The molecule has 0 saturated carbocycles. The number of esters is 1. The summed E-state index contributed by atoms with van der Waals surface area (Å²) < 4.78 is 28.3. The van der Waals surface area contributed by atoms with Crippen molar-refractivity contribution in [1.82, 2.24) is 30.2 Å². The number of carboxylic acid groups (broad SMARTS) is 2. The number of aromatic nitrogens is 4. The molecule has 4 heterocycles. The van der Waals surface area contributed by atoms with E-state index in [1.165, 1.54) is 31.1 Å². The molecule has 2 aliphatic rings. The van der Waals surface area contributed by atoms with E-state index in [2.05, 4.69) is 35.9 Å². The number of nitrogens with one attached hydrogen (secondary N) is 4. The van der Waals surface area contributed by atoms with Gasteiger partial charge in [-0.2, -0.15) is 4.98 Å². The lowest BCUT2D eigenvalue weighted by Crippen LogP contribution is -2.45. The van der Waals surface area contributed by atoms with Gasteiger partial charge in [-0.15, -0.1) is 0 Å². The van der Waals surface area contributed by atoms with Gasteiger partial charge >= 0.3 is 25.5 Å². The van der Waals surface area contributed by atoms with E-state index in [0.717, 1.165) is 5.56 Å². The normalized spacial score (nSPS) is 19.4. The van der Waals surface area contributed by atoms with Gasteiger partial charge in [0.2, 0.25) is 11.9 Å². The summed E-state index contributed by atoms with van der Waals surface area (Å²) in [4.78, 5) is 107. The number of anilines is 2. The number of aromatic amines is 1. The molecular weight excluding hydrogens is 855 g/mol. The number of unbranched alkanes of at least 4 members (excludes halogenated alkanes) is 1. The lowest BCUT2D eigenvalue weighted by molar-refractivity contribution is -0.153. The molecule has 6 N–H and O–H groups in total. The zero-order valence-electron chi connectivity index (χ0n) is 34.8. The maximum absolute atomic E-state index is 14.2. The van der Waals surface area contributed by atoms with Crippen LogP contribution in [-0.2, 0) is 55.4 Å². The van der Waals surface area contributed by atoms with Crippen molar-refractivity contribution in [2.75, 3.05) is 37.1 Å². The summed E-state index contributed by atoms with van der Waals surface area (Å²) in [5.41, 5.74) is 0.920. The van der Waals surface area contributed by atoms with Crippen molar-refractivity contribution in [2.45, 2.75) is 63.8 Å². The summed E-state index contributed by atoms with van der Waals surface area (Å²) in [5, 5.41) is 26.2. The number of carbonyl (C=O) groups is 6. The fraction of sp³-hybridized carbons (Fsp3) is 0.381. The van der Waals surface area contributed by atoms with Gasteiger partial charge in [-0.3, -0.25) is 48.5 Å². The van der Waals surface area contributed by atoms with E-state index in [1.807, 2.05) is 30.3 Å². The third-order valence-corrected chi connectivity index (χ3v) is 11.8. The topological polar surface area (TPSA) is 298 Å².